The van der Waals surface area contributed by atoms with Gasteiger partial charge in [0.15, 0.2) is 6.10 Å². The van der Waals surface area contributed by atoms with Crippen LogP contribution in [0.15, 0.2) is 122 Å². The second-order valence-electron chi connectivity index (χ2n) is 21.3. The number of hydrogen-bond acceptors (Lipinski definition) is 6. The van der Waals surface area contributed by atoms with E-state index in [4.69, 9.17) is 14.2 Å². The fourth-order valence-electron chi connectivity index (χ4n) is 8.87. The van der Waals surface area contributed by atoms with E-state index in [0.29, 0.717) is 19.3 Å². The van der Waals surface area contributed by atoms with Crippen molar-refractivity contribution in [2.75, 3.05) is 13.2 Å². The summed E-state index contributed by atoms with van der Waals surface area (Å²) in [6.45, 7) is 6.37. The minimum absolute atomic E-state index is 0.0977. The molecule has 0 amide bonds. The summed E-state index contributed by atoms with van der Waals surface area (Å²) in [7, 11) is 0. The number of carbonyl (C=O) groups excluding carboxylic acids is 3. The molecule has 0 saturated heterocycles. The lowest BCUT2D eigenvalue weighted by molar-refractivity contribution is -0.167. The molecule has 0 radical (unpaired) electrons. The average Bonchev–Trinajstić information content (AvgIpc) is 3.44. The number of allylic oxidation sites excluding steroid dienone is 20. The van der Waals surface area contributed by atoms with Gasteiger partial charge in [-0.3, -0.25) is 14.4 Å². The molecule has 0 N–H and O–H groups in total. The first-order valence-corrected chi connectivity index (χ1v) is 32.5. The highest BCUT2D eigenvalue weighted by Crippen LogP contribution is 2.16. The Hall–Kier alpha value is -4.19. The molecule has 0 fully saturated rings. The molecule has 0 aromatic heterocycles. The standard InChI is InChI=1S/C72H120O6/c1-4-7-10-13-16-19-22-25-28-29-30-31-32-33-34-35-36-37-38-39-40-41-42-43-45-47-50-53-56-59-62-65-71(74)77-68-69(67-76-70(73)64-61-58-55-52-49-46-27-24-21-18-15-12-9-6-3)78-72(75)66-63-60-57-54-51-48-44-26-23-20-17-14-11-8-5-2/h7-8,10-11,16-17,19-20,24-28,30-31,33-34,44,51,54,69H,4-6,9,12-15,18,21-23,29,32,35-43,45-50,52-53,55-68H2,1-3H3/b10-7-,11-8-,19-16-,20-17-,27-24-,28-25-,31-30-,34-33-,44-26-,54-51-. The molecular formula is C72H120O6. The lowest BCUT2D eigenvalue weighted by Crippen LogP contribution is -2.30. The molecule has 0 aliphatic carbocycles. The van der Waals surface area contributed by atoms with Gasteiger partial charge < -0.3 is 14.2 Å². The van der Waals surface area contributed by atoms with Gasteiger partial charge in [-0.2, -0.15) is 0 Å². The highest BCUT2D eigenvalue weighted by molar-refractivity contribution is 5.71. The number of esters is 3. The average molecular weight is 1080 g/mol. The Kier molecular flexibility index (Phi) is 61.8. The van der Waals surface area contributed by atoms with E-state index in [0.717, 1.165) is 116 Å². The third kappa shape index (κ3) is 62.7. The highest BCUT2D eigenvalue weighted by atomic mass is 16.6. The van der Waals surface area contributed by atoms with Crippen LogP contribution in [0.2, 0.25) is 0 Å². The van der Waals surface area contributed by atoms with Crippen molar-refractivity contribution < 1.29 is 28.6 Å². The van der Waals surface area contributed by atoms with Gasteiger partial charge in [-0.05, 0) is 128 Å². The zero-order valence-corrected chi connectivity index (χ0v) is 50.9. The molecule has 1 unspecified atom stereocenters. The van der Waals surface area contributed by atoms with Crippen molar-refractivity contribution in [3.8, 4) is 0 Å². The molecule has 0 rings (SSSR count). The zero-order chi connectivity index (χ0) is 56.4. The molecule has 444 valence electrons. The Labute approximate surface area is 482 Å². The van der Waals surface area contributed by atoms with Crippen molar-refractivity contribution in [2.24, 2.45) is 0 Å². The van der Waals surface area contributed by atoms with Gasteiger partial charge in [-0.1, -0.05) is 271 Å². The summed E-state index contributed by atoms with van der Waals surface area (Å²) in [6, 6.07) is 0. The topological polar surface area (TPSA) is 78.9 Å². The van der Waals surface area contributed by atoms with E-state index in [1.807, 2.05) is 0 Å². The third-order valence-corrected chi connectivity index (χ3v) is 13.7. The summed E-state index contributed by atoms with van der Waals surface area (Å²) < 4.78 is 16.9. The largest absolute Gasteiger partial charge is 0.462 e. The molecule has 78 heavy (non-hydrogen) atoms. The van der Waals surface area contributed by atoms with Crippen molar-refractivity contribution in [3.63, 3.8) is 0 Å². The maximum atomic E-state index is 12.9. The summed E-state index contributed by atoms with van der Waals surface area (Å²) >= 11 is 0. The number of carbonyl (C=O) groups is 3. The molecule has 6 nitrogen and oxygen atoms in total. The molecule has 6 heteroatoms. The SMILES string of the molecule is CC/C=C\C/C=C\C/C=C\C/C=C\C/C=C\CCCCCCCCCCCCCCCCCC(=O)OCC(COC(=O)CCCCCCC/C=C\CCCCCCC)OC(=O)CCCC/C=C\C/C=C\C/C=C\C/C=C\CC. The van der Waals surface area contributed by atoms with E-state index in [9.17, 15) is 14.4 Å². The number of ether oxygens (including phenoxy) is 3. The summed E-state index contributed by atoms with van der Waals surface area (Å²) in [5, 5.41) is 0. The summed E-state index contributed by atoms with van der Waals surface area (Å²) in [5.41, 5.74) is 0. The van der Waals surface area contributed by atoms with Gasteiger partial charge in [0.2, 0.25) is 0 Å². The first-order chi connectivity index (χ1) is 38.5. The second-order valence-corrected chi connectivity index (χ2v) is 21.3. The van der Waals surface area contributed by atoms with E-state index in [-0.39, 0.29) is 37.5 Å². The lowest BCUT2D eigenvalue weighted by atomic mass is 10.0. The molecule has 0 heterocycles. The van der Waals surface area contributed by atoms with Gasteiger partial charge >= 0.3 is 17.9 Å². The smallest absolute Gasteiger partial charge is 0.306 e. The van der Waals surface area contributed by atoms with Crippen LogP contribution >= 0.6 is 0 Å². The predicted octanol–water partition coefficient (Wildman–Crippen LogP) is 22.4. The first kappa shape index (κ1) is 73.8. The van der Waals surface area contributed by atoms with Gasteiger partial charge in [0.05, 0.1) is 0 Å². The Morgan fingerprint density at radius 2 is 0.500 bits per heavy atom. The fourth-order valence-corrected chi connectivity index (χ4v) is 8.87. The summed E-state index contributed by atoms with van der Waals surface area (Å²) in [6.07, 6.45) is 90.8. The normalized spacial score (nSPS) is 12.9. The molecule has 0 spiro atoms. The van der Waals surface area contributed by atoms with Crippen molar-refractivity contribution in [1.82, 2.24) is 0 Å². The van der Waals surface area contributed by atoms with Crippen LogP contribution in [0, 0.1) is 0 Å². The zero-order valence-electron chi connectivity index (χ0n) is 50.9. The van der Waals surface area contributed by atoms with Crippen molar-refractivity contribution >= 4 is 17.9 Å². The van der Waals surface area contributed by atoms with Crippen LogP contribution in [0.3, 0.4) is 0 Å². The third-order valence-electron chi connectivity index (χ3n) is 13.7. The van der Waals surface area contributed by atoms with Crippen LogP contribution < -0.4 is 0 Å². The van der Waals surface area contributed by atoms with E-state index in [1.54, 1.807) is 0 Å². The van der Waals surface area contributed by atoms with Crippen LogP contribution in [0.1, 0.15) is 297 Å². The second kappa shape index (κ2) is 65.3. The monoisotopic (exact) mass is 1080 g/mol. The van der Waals surface area contributed by atoms with E-state index in [1.165, 1.54) is 135 Å². The molecule has 0 aliphatic rings. The maximum Gasteiger partial charge on any atom is 0.306 e. The lowest BCUT2D eigenvalue weighted by Gasteiger charge is -2.18. The molecule has 1 atom stereocenters. The van der Waals surface area contributed by atoms with Crippen LogP contribution in [-0.4, -0.2) is 37.2 Å². The van der Waals surface area contributed by atoms with Gasteiger partial charge in [0, 0.05) is 19.3 Å². The summed E-state index contributed by atoms with van der Waals surface area (Å²) in [4.78, 5) is 38.3. The van der Waals surface area contributed by atoms with Crippen LogP contribution in [-0.2, 0) is 28.6 Å². The van der Waals surface area contributed by atoms with Crippen LogP contribution in [0.5, 0.6) is 0 Å². The van der Waals surface area contributed by atoms with Gasteiger partial charge in [-0.15, -0.1) is 0 Å². The molecule has 0 aromatic rings. The van der Waals surface area contributed by atoms with Crippen molar-refractivity contribution in [3.05, 3.63) is 122 Å². The van der Waals surface area contributed by atoms with Crippen LogP contribution in [0.25, 0.3) is 0 Å². The molecular weight excluding hydrogens is 961 g/mol. The van der Waals surface area contributed by atoms with Crippen LogP contribution in [0.4, 0.5) is 0 Å². The molecule has 0 bridgehead atoms. The van der Waals surface area contributed by atoms with Gasteiger partial charge in [0.25, 0.3) is 0 Å². The van der Waals surface area contributed by atoms with Gasteiger partial charge in [-0.25, -0.2) is 0 Å². The first-order valence-electron chi connectivity index (χ1n) is 32.5. The van der Waals surface area contributed by atoms with Crippen molar-refractivity contribution in [2.45, 2.75) is 303 Å². The quantitative estimate of drug-likeness (QED) is 0.0261. The Morgan fingerprint density at radius 3 is 0.821 bits per heavy atom. The highest BCUT2D eigenvalue weighted by Gasteiger charge is 2.19. The number of unbranched alkanes of at least 4 members (excludes halogenated alkanes) is 27. The van der Waals surface area contributed by atoms with E-state index in [2.05, 4.69) is 142 Å². The van der Waals surface area contributed by atoms with Crippen molar-refractivity contribution in [1.29, 1.82) is 0 Å². The fraction of sp³-hybridized carbons (Fsp3) is 0.681. The minimum atomic E-state index is -0.805. The van der Waals surface area contributed by atoms with Gasteiger partial charge in [0.1, 0.15) is 13.2 Å². The predicted molar refractivity (Wildman–Crippen MR) is 339 cm³/mol. The Balaban J connectivity index is 4.25. The summed E-state index contributed by atoms with van der Waals surface area (Å²) in [5.74, 6) is -0.943. The van der Waals surface area contributed by atoms with E-state index >= 15 is 0 Å². The number of rotatable bonds is 58. The molecule has 0 saturated carbocycles. The molecule has 0 aliphatic heterocycles. The molecule has 0 aromatic carbocycles. The van der Waals surface area contributed by atoms with E-state index < -0.39 is 6.10 Å². The maximum absolute atomic E-state index is 12.9. The number of hydrogen-bond donors (Lipinski definition) is 0. The Bertz CT molecular complexity index is 1620. The minimum Gasteiger partial charge on any atom is -0.462 e. The Morgan fingerprint density at radius 1 is 0.269 bits per heavy atom.